The third-order valence-corrected chi connectivity index (χ3v) is 3.25. The van der Waals surface area contributed by atoms with Crippen LogP contribution < -0.4 is 0 Å². The molecule has 1 aliphatic rings. The van der Waals surface area contributed by atoms with Crippen molar-refractivity contribution < 1.29 is 0 Å². The quantitative estimate of drug-likeness (QED) is 0.730. The highest BCUT2D eigenvalue weighted by molar-refractivity contribution is 9.08. The summed E-state index contributed by atoms with van der Waals surface area (Å²) in [7, 11) is 0. The van der Waals surface area contributed by atoms with E-state index in [0.29, 0.717) is 0 Å². The predicted molar refractivity (Wildman–Crippen MR) is 57.2 cm³/mol. The van der Waals surface area contributed by atoms with Crippen molar-refractivity contribution in [1.82, 2.24) is 9.55 Å². The van der Waals surface area contributed by atoms with Crippen LogP contribution in [0.2, 0.25) is 0 Å². The lowest BCUT2D eigenvalue weighted by molar-refractivity contribution is 0.515. The molecule has 0 fully saturated rings. The second-order valence-corrected chi connectivity index (χ2v) is 4.08. The zero-order chi connectivity index (χ0) is 9.26. The average Bonchev–Trinajstić information content (AvgIpc) is 2.56. The van der Waals surface area contributed by atoms with Crippen molar-refractivity contribution in [3.8, 4) is 0 Å². The third kappa shape index (κ3) is 1.54. The van der Waals surface area contributed by atoms with Gasteiger partial charge in [-0.15, -0.1) is 0 Å². The van der Waals surface area contributed by atoms with Crippen molar-refractivity contribution in [2.24, 2.45) is 0 Å². The van der Waals surface area contributed by atoms with E-state index in [1.807, 2.05) is 0 Å². The SMILES string of the molecule is CCc1nc(CBr)c2n1CCCC2. The lowest BCUT2D eigenvalue weighted by Gasteiger charge is -2.16. The molecule has 0 aliphatic carbocycles. The second-order valence-electron chi connectivity index (χ2n) is 3.52. The molecular weight excluding hydrogens is 228 g/mol. The van der Waals surface area contributed by atoms with Crippen molar-refractivity contribution in [1.29, 1.82) is 0 Å². The van der Waals surface area contributed by atoms with Crippen molar-refractivity contribution >= 4 is 15.9 Å². The maximum atomic E-state index is 4.64. The second kappa shape index (κ2) is 3.82. The zero-order valence-corrected chi connectivity index (χ0v) is 9.60. The number of fused-ring (bicyclic) bond motifs is 1. The van der Waals surface area contributed by atoms with Crippen molar-refractivity contribution in [3.05, 3.63) is 17.2 Å². The topological polar surface area (TPSA) is 17.8 Å². The molecule has 2 nitrogen and oxygen atoms in total. The van der Waals surface area contributed by atoms with Gasteiger partial charge in [0.15, 0.2) is 0 Å². The maximum Gasteiger partial charge on any atom is 0.108 e. The summed E-state index contributed by atoms with van der Waals surface area (Å²) in [6.07, 6.45) is 4.92. The highest BCUT2D eigenvalue weighted by atomic mass is 79.9. The summed E-state index contributed by atoms with van der Waals surface area (Å²) in [5, 5.41) is 0.905. The number of aromatic nitrogens is 2. The summed E-state index contributed by atoms with van der Waals surface area (Å²) in [5.41, 5.74) is 2.73. The lowest BCUT2D eigenvalue weighted by atomic mass is 10.1. The Morgan fingerprint density at radius 1 is 1.46 bits per heavy atom. The van der Waals surface area contributed by atoms with E-state index in [4.69, 9.17) is 0 Å². The van der Waals surface area contributed by atoms with E-state index in [0.717, 1.165) is 11.8 Å². The largest absolute Gasteiger partial charge is 0.332 e. The monoisotopic (exact) mass is 242 g/mol. The molecule has 0 atom stereocenters. The summed E-state index contributed by atoms with van der Waals surface area (Å²) in [6.45, 7) is 3.36. The van der Waals surface area contributed by atoms with E-state index in [2.05, 4.69) is 32.4 Å². The smallest absolute Gasteiger partial charge is 0.108 e. The van der Waals surface area contributed by atoms with Gasteiger partial charge in [-0.05, 0) is 19.3 Å². The van der Waals surface area contributed by atoms with E-state index in [1.165, 1.54) is 43.0 Å². The van der Waals surface area contributed by atoms with Crippen molar-refractivity contribution in [2.45, 2.75) is 44.5 Å². The molecule has 2 rings (SSSR count). The third-order valence-electron chi connectivity index (χ3n) is 2.72. The Bertz CT molecular complexity index is 276. The minimum absolute atomic E-state index is 0.905. The van der Waals surface area contributed by atoms with Gasteiger partial charge >= 0.3 is 0 Å². The first-order chi connectivity index (χ1) is 6.36. The van der Waals surface area contributed by atoms with E-state index >= 15 is 0 Å². The number of nitrogens with zero attached hydrogens (tertiary/aromatic N) is 2. The molecule has 0 amide bonds. The molecule has 1 aromatic rings. The van der Waals surface area contributed by atoms with Gasteiger partial charge in [-0.1, -0.05) is 22.9 Å². The molecule has 2 heterocycles. The fourth-order valence-corrected chi connectivity index (χ4v) is 2.52. The molecule has 3 heteroatoms. The molecular formula is C10H15BrN2. The summed E-state index contributed by atoms with van der Waals surface area (Å²) >= 11 is 3.50. The molecule has 0 aromatic carbocycles. The van der Waals surface area contributed by atoms with Gasteiger partial charge in [0.1, 0.15) is 5.82 Å². The highest BCUT2D eigenvalue weighted by Gasteiger charge is 2.17. The summed E-state index contributed by atoms with van der Waals surface area (Å²) in [6, 6.07) is 0. The minimum atomic E-state index is 0.905. The molecule has 0 saturated carbocycles. The van der Waals surface area contributed by atoms with Crippen LogP contribution in [0.5, 0.6) is 0 Å². The molecule has 0 bridgehead atoms. The Hall–Kier alpha value is -0.310. The lowest BCUT2D eigenvalue weighted by Crippen LogP contribution is -2.12. The van der Waals surface area contributed by atoms with Crippen LogP contribution in [0.1, 0.15) is 37.0 Å². The van der Waals surface area contributed by atoms with Gasteiger partial charge in [-0.2, -0.15) is 0 Å². The van der Waals surface area contributed by atoms with Gasteiger partial charge in [0.2, 0.25) is 0 Å². The molecule has 0 saturated heterocycles. The van der Waals surface area contributed by atoms with E-state index in [-0.39, 0.29) is 0 Å². The minimum Gasteiger partial charge on any atom is -0.332 e. The van der Waals surface area contributed by atoms with E-state index in [9.17, 15) is 0 Å². The van der Waals surface area contributed by atoms with Gasteiger partial charge in [0, 0.05) is 24.0 Å². The fraction of sp³-hybridized carbons (Fsp3) is 0.700. The number of halogens is 1. The Balaban J connectivity index is 2.44. The van der Waals surface area contributed by atoms with Crippen LogP contribution in [0.3, 0.4) is 0 Å². The standard InChI is InChI=1S/C10H15BrN2/c1-2-10-12-8(7-11)9-5-3-4-6-13(9)10/h2-7H2,1H3. The van der Waals surface area contributed by atoms with Crippen LogP contribution in [0.15, 0.2) is 0 Å². The van der Waals surface area contributed by atoms with Crippen LogP contribution in [-0.4, -0.2) is 9.55 Å². The Morgan fingerprint density at radius 2 is 2.31 bits per heavy atom. The highest BCUT2D eigenvalue weighted by Crippen LogP contribution is 2.22. The van der Waals surface area contributed by atoms with Crippen molar-refractivity contribution in [3.63, 3.8) is 0 Å². The van der Waals surface area contributed by atoms with E-state index in [1.54, 1.807) is 0 Å². The fourth-order valence-electron chi connectivity index (χ4n) is 2.07. The van der Waals surface area contributed by atoms with Crippen molar-refractivity contribution in [2.75, 3.05) is 0 Å². The van der Waals surface area contributed by atoms with Crippen LogP contribution >= 0.6 is 15.9 Å². The summed E-state index contributed by atoms with van der Waals surface area (Å²) in [4.78, 5) is 4.64. The number of imidazole rings is 1. The first kappa shape index (κ1) is 9.25. The predicted octanol–water partition coefficient (Wildman–Crippen LogP) is 2.68. The molecule has 13 heavy (non-hydrogen) atoms. The number of rotatable bonds is 2. The van der Waals surface area contributed by atoms with Gasteiger partial charge in [-0.25, -0.2) is 4.98 Å². The molecule has 0 spiro atoms. The number of alkyl halides is 1. The zero-order valence-electron chi connectivity index (χ0n) is 8.02. The molecule has 1 aromatic heterocycles. The van der Waals surface area contributed by atoms with Crippen LogP contribution in [0, 0.1) is 0 Å². The van der Waals surface area contributed by atoms with Gasteiger partial charge in [0.05, 0.1) is 5.69 Å². The summed E-state index contributed by atoms with van der Waals surface area (Å²) in [5.74, 6) is 1.27. The van der Waals surface area contributed by atoms with Gasteiger partial charge in [0.25, 0.3) is 0 Å². The molecule has 0 N–H and O–H groups in total. The van der Waals surface area contributed by atoms with Crippen LogP contribution in [-0.2, 0) is 24.7 Å². The normalized spacial score (nSPS) is 15.8. The molecule has 0 radical (unpaired) electrons. The Labute approximate surface area is 87.5 Å². The first-order valence-electron chi connectivity index (χ1n) is 5.00. The first-order valence-corrected chi connectivity index (χ1v) is 6.12. The Morgan fingerprint density at radius 3 is 3.00 bits per heavy atom. The Kier molecular flexibility index (Phi) is 2.72. The van der Waals surface area contributed by atoms with Crippen LogP contribution in [0.25, 0.3) is 0 Å². The molecule has 1 aliphatic heterocycles. The molecule has 72 valence electrons. The number of hydrogen-bond acceptors (Lipinski definition) is 1. The van der Waals surface area contributed by atoms with E-state index < -0.39 is 0 Å². The number of aryl methyl sites for hydroxylation is 1. The van der Waals surface area contributed by atoms with Gasteiger partial charge in [-0.3, -0.25) is 0 Å². The van der Waals surface area contributed by atoms with Gasteiger partial charge < -0.3 is 4.57 Å². The maximum absolute atomic E-state index is 4.64. The molecule has 0 unspecified atom stereocenters. The number of hydrogen-bond donors (Lipinski definition) is 0. The van der Waals surface area contributed by atoms with Crippen LogP contribution in [0.4, 0.5) is 0 Å². The average molecular weight is 243 g/mol. The summed E-state index contributed by atoms with van der Waals surface area (Å²) < 4.78 is 2.42.